The van der Waals surface area contributed by atoms with E-state index in [0.29, 0.717) is 39.9 Å². The number of hydrogen-bond acceptors (Lipinski definition) is 8. The second-order valence-electron chi connectivity index (χ2n) is 9.60. The average molecular weight is 585 g/mol. The molecule has 0 unspecified atom stereocenters. The predicted molar refractivity (Wildman–Crippen MR) is 152 cm³/mol. The lowest BCUT2D eigenvalue weighted by Gasteiger charge is -2.37. The summed E-state index contributed by atoms with van der Waals surface area (Å²) in [5, 5.41) is 16.6. The van der Waals surface area contributed by atoms with E-state index in [4.69, 9.17) is 10.5 Å². The Labute approximate surface area is 241 Å². The molecule has 1 saturated heterocycles. The molecule has 0 amide bonds. The molecule has 214 valence electrons. The first kappa shape index (κ1) is 29.6. The Hall–Kier alpha value is -4.34. The zero-order chi connectivity index (χ0) is 28.4. The van der Waals surface area contributed by atoms with Gasteiger partial charge in [0, 0.05) is 54.4 Å². The van der Waals surface area contributed by atoms with Gasteiger partial charge in [-0.1, -0.05) is 13.0 Å². The van der Waals surface area contributed by atoms with Crippen molar-refractivity contribution in [1.82, 2.24) is 19.7 Å². The SMILES string of the molecule is COc1cccc(F)c1-c1nc(Nc2cc(N3CC[C@@H](C)[C@H](N)C3)c(-c3cnn(C(F)F)c3)cn2)ccc1C#N.Cl. The molecule has 0 saturated carbocycles. The number of nitrogens with two attached hydrogens (primary N) is 1. The van der Waals surface area contributed by atoms with Crippen LogP contribution in [-0.4, -0.2) is 46.0 Å². The number of hydrogen-bond donors (Lipinski definition) is 2. The lowest BCUT2D eigenvalue weighted by molar-refractivity contribution is 0.0566. The van der Waals surface area contributed by atoms with Crippen LogP contribution in [0.15, 0.2) is 55.0 Å². The molecule has 1 aliphatic heterocycles. The Bertz CT molecular complexity index is 1570. The van der Waals surface area contributed by atoms with E-state index in [9.17, 15) is 18.4 Å². The number of nitrogens with zero attached hydrogens (tertiary/aromatic N) is 6. The van der Waals surface area contributed by atoms with Crippen molar-refractivity contribution in [3.63, 3.8) is 0 Å². The van der Waals surface area contributed by atoms with E-state index in [0.717, 1.165) is 18.7 Å². The number of rotatable bonds is 7. The second kappa shape index (κ2) is 12.4. The number of methoxy groups -OCH3 is 1. The van der Waals surface area contributed by atoms with Crippen molar-refractivity contribution < 1.29 is 17.9 Å². The van der Waals surface area contributed by atoms with E-state index in [2.05, 4.69) is 38.3 Å². The molecule has 4 aromatic rings. The smallest absolute Gasteiger partial charge is 0.333 e. The normalized spacial score (nSPS) is 16.7. The third kappa shape index (κ3) is 6.06. The van der Waals surface area contributed by atoms with Crippen molar-refractivity contribution in [1.29, 1.82) is 5.26 Å². The van der Waals surface area contributed by atoms with Crippen molar-refractivity contribution in [3.05, 3.63) is 66.4 Å². The molecular weight excluding hydrogens is 557 g/mol. The first-order chi connectivity index (χ1) is 19.3. The van der Waals surface area contributed by atoms with Crippen LogP contribution in [0.4, 0.5) is 30.5 Å². The van der Waals surface area contributed by atoms with Crippen LogP contribution in [0, 0.1) is 23.1 Å². The maximum atomic E-state index is 14.8. The molecule has 41 heavy (non-hydrogen) atoms. The summed E-state index contributed by atoms with van der Waals surface area (Å²) in [5.74, 6) is 0.740. The van der Waals surface area contributed by atoms with Gasteiger partial charge in [0.1, 0.15) is 29.3 Å². The van der Waals surface area contributed by atoms with Crippen molar-refractivity contribution in [2.24, 2.45) is 11.7 Å². The Balaban J connectivity index is 0.00000387. The van der Waals surface area contributed by atoms with Crippen LogP contribution in [0.5, 0.6) is 5.75 Å². The highest BCUT2D eigenvalue weighted by Gasteiger charge is 2.26. The van der Waals surface area contributed by atoms with E-state index in [1.54, 1.807) is 24.4 Å². The first-order valence-electron chi connectivity index (χ1n) is 12.6. The zero-order valence-electron chi connectivity index (χ0n) is 22.3. The third-order valence-corrected chi connectivity index (χ3v) is 7.06. The minimum atomic E-state index is -2.76. The predicted octanol–water partition coefficient (Wildman–Crippen LogP) is 5.76. The average Bonchev–Trinajstić information content (AvgIpc) is 3.45. The number of alkyl halides is 2. The van der Waals surface area contributed by atoms with Gasteiger partial charge < -0.3 is 20.7 Å². The van der Waals surface area contributed by atoms with E-state index in [-0.39, 0.29) is 41.0 Å². The van der Waals surface area contributed by atoms with Crippen LogP contribution >= 0.6 is 12.4 Å². The molecule has 9 nitrogen and oxygen atoms in total. The van der Waals surface area contributed by atoms with Crippen LogP contribution in [0.1, 0.15) is 25.5 Å². The van der Waals surface area contributed by atoms with Crippen LogP contribution < -0.4 is 20.7 Å². The van der Waals surface area contributed by atoms with Gasteiger partial charge in [-0.3, -0.25) is 0 Å². The van der Waals surface area contributed by atoms with Crippen molar-refractivity contribution in [3.8, 4) is 34.2 Å². The van der Waals surface area contributed by atoms with Gasteiger partial charge in [-0.25, -0.2) is 19.0 Å². The van der Waals surface area contributed by atoms with Gasteiger partial charge in [-0.2, -0.15) is 19.1 Å². The van der Waals surface area contributed by atoms with Crippen molar-refractivity contribution in [2.45, 2.75) is 25.9 Å². The Morgan fingerprint density at radius 1 is 1.20 bits per heavy atom. The molecule has 3 N–H and O–H groups in total. The number of ether oxygens (including phenoxy) is 1. The number of halogens is 4. The molecule has 0 bridgehead atoms. The van der Waals surface area contributed by atoms with E-state index in [1.807, 2.05) is 0 Å². The van der Waals surface area contributed by atoms with E-state index < -0.39 is 12.4 Å². The lowest BCUT2D eigenvalue weighted by Crippen LogP contribution is -2.47. The van der Waals surface area contributed by atoms with Gasteiger partial charge in [0.2, 0.25) is 0 Å². The molecule has 0 aliphatic carbocycles. The molecule has 5 rings (SSSR count). The molecule has 1 fully saturated rings. The maximum absolute atomic E-state index is 14.8. The van der Waals surface area contributed by atoms with Gasteiger partial charge in [-0.05, 0) is 36.6 Å². The first-order valence-corrected chi connectivity index (χ1v) is 12.6. The molecule has 1 aromatic carbocycles. The minimum absolute atomic E-state index is 0. The summed E-state index contributed by atoms with van der Waals surface area (Å²) >= 11 is 0. The summed E-state index contributed by atoms with van der Waals surface area (Å²) in [4.78, 5) is 11.1. The molecule has 2 atom stereocenters. The fourth-order valence-corrected chi connectivity index (χ4v) is 4.74. The summed E-state index contributed by atoms with van der Waals surface area (Å²) in [6.45, 7) is 0.640. The molecule has 0 radical (unpaired) electrons. The van der Waals surface area contributed by atoms with Gasteiger partial charge in [-0.15, -0.1) is 12.4 Å². The van der Waals surface area contributed by atoms with Gasteiger partial charge >= 0.3 is 6.55 Å². The van der Waals surface area contributed by atoms with Crippen molar-refractivity contribution in [2.75, 3.05) is 30.4 Å². The standard InChI is InChI=1S/C28H27F3N8O.ClH/c1-16-8-9-38(15-21(16)33)22-10-25(34-13-19(22)18-12-35-39(14-18)28(30)31)36-24-7-6-17(11-32)27(37-24)26-20(29)4-3-5-23(26)40-2;/h3-7,10,12-14,16,21,28H,8-9,15,33H2,1-2H3,(H,34,36,37);1H/t16-,21-;/m1./s1. The number of anilines is 3. The number of aromatic nitrogens is 4. The Morgan fingerprint density at radius 3 is 2.68 bits per heavy atom. The number of nitrogens with one attached hydrogen (secondary N) is 1. The molecule has 0 spiro atoms. The van der Waals surface area contributed by atoms with Crippen LogP contribution in [0.2, 0.25) is 0 Å². The fourth-order valence-electron chi connectivity index (χ4n) is 4.74. The molecule has 1 aliphatic rings. The Kier molecular flexibility index (Phi) is 9.00. The largest absolute Gasteiger partial charge is 0.496 e. The number of piperidine rings is 1. The zero-order valence-corrected chi connectivity index (χ0v) is 23.1. The second-order valence-corrected chi connectivity index (χ2v) is 9.60. The lowest BCUT2D eigenvalue weighted by atomic mass is 9.93. The highest BCUT2D eigenvalue weighted by atomic mass is 35.5. The van der Waals surface area contributed by atoms with Crippen molar-refractivity contribution >= 4 is 29.7 Å². The summed E-state index contributed by atoms with van der Waals surface area (Å²) in [6.07, 6.45) is 5.11. The van der Waals surface area contributed by atoms with E-state index in [1.165, 1.54) is 37.7 Å². The highest BCUT2D eigenvalue weighted by molar-refractivity contribution is 5.85. The summed E-state index contributed by atoms with van der Waals surface area (Å²) < 4.78 is 47.2. The van der Waals surface area contributed by atoms with Gasteiger partial charge in [0.15, 0.2) is 0 Å². The number of benzene rings is 1. The Morgan fingerprint density at radius 2 is 2.00 bits per heavy atom. The van der Waals surface area contributed by atoms with Gasteiger partial charge in [0.05, 0.1) is 30.1 Å². The summed E-state index contributed by atoms with van der Waals surface area (Å²) in [5.41, 5.74) is 8.60. The topological polar surface area (TPSA) is 118 Å². The summed E-state index contributed by atoms with van der Waals surface area (Å²) in [6, 6.07) is 11.3. The molecular formula is C28H28ClF3N8O. The minimum Gasteiger partial charge on any atom is -0.496 e. The molecule has 13 heteroatoms. The molecule has 3 aromatic heterocycles. The highest BCUT2D eigenvalue weighted by Crippen LogP contribution is 2.37. The quantitative estimate of drug-likeness (QED) is 0.281. The fraction of sp³-hybridized carbons (Fsp3) is 0.286. The van der Waals surface area contributed by atoms with E-state index >= 15 is 0 Å². The number of pyridine rings is 2. The monoisotopic (exact) mass is 584 g/mol. The number of nitriles is 1. The van der Waals surface area contributed by atoms with Crippen LogP contribution in [-0.2, 0) is 0 Å². The van der Waals surface area contributed by atoms with Crippen LogP contribution in [0.3, 0.4) is 0 Å². The van der Waals surface area contributed by atoms with Crippen LogP contribution in [0.25, 0.3) is 22.4 Å². The van der Waals surface area contributed by atoms with Gasteiger partial charge in [0.25, 0.3) is 0 Å². The summed E-state index contributed by atoms with van der Waals surface area (Å²) in [7, 11) is 1.41. The molecule has 4 heterocycles. The maximum Gasteiger partial charge on any atom is 0.333 e. The third-order valence-electron chi connectivity index (χ3n) is 7.06.